The van der Waals surface area contributed by atoms with E-state index in [-0.39, 0.29) is 19.7 Å². The van der Waals surface area contributed by atoms with Crippen molar-refractivity contribution in [1.82, 2.24) is 9.29 Å². The topological polar surface area (TPSA) is 157 Å². The predicted octanol–water partition coefficient (Wildman–Crippen LogP) is 5.01. The van der Waals surface area contributed by atoms with Crippen LogP contribution in [0.15, 0.2) is 54.1 Å². The summed E-state index contributed by atoms with van der Waals surface area (Å²) >= 11 is 0. The number of oxime groups is 1. The Balaban J connectivity index is 1.32. The number of unbranched alkanes of at least 4 members (excludes halogenated alkanes) is 2. The van der Waals surface area contributed by atoms with E-state index in [9.17, 15) is 19.8 Å². The Morgan fingerprint density at radius 1 is 1.10 bits per heavy atom. The number of aliphatic hydroxyl groups excluding tert-OH is 1. The molecule has 0 atom stereocenters. The molecule has 13 heteroatoms. The van der Waals surface area contributed by atoms with Crippen molar-refractivity contribution >= 4 is 38.2 Å². The molecule has 2 aliphatic rings. The Morgan fingerprint density at radius 2 is 1.93 bits per heavy atom. The van der Waals surface area contributed by atoms with Gasteiger partial charge in [-0.3, -0.25) is 4.31 Å². The van der Waals surface area contributed by atoms with E-state index < -0.39 is 21.0 Å². The lowest BCUT2D eigenvalue weighted by Gasteiger charge is -2.42. The van der Waals surface area contributed by atoms with Gasteiger partial charge in [0.05, 0.1) is 24.6 Å². The van der Waals surface area contributed by atoms with E-state index in [0.717, 1.165) is 42.7 Å². The van der Waals surface area contributed by atoms with Crippen molar-refractivity contribution in [3.63, 3.8) is 0 Å². The maximum Gasteiger partial charge on any atom is 0.393 e. The highest BCUT2D eigenvalue weighted by atomic mass is 32.3. The van der Waals surface area contributed by atoms with Crippen molar-refractivity contribution in [2.75, 3.05) is 42.5 Å². The standard InChI is InChI=1S/C27H35N5O7S/c1-2-39-30-24-9-6-20-18-22(7-8-23(20)24)38-17-5-3-4-13-31-14-15-32(40(31,26(34)35)27(36)37)21-10-11-28-25(19-21)29-12-16-33/h7-8,10-11,14-15,18-19,33H,2-6,9,12-13,16-17H2,1H3,(H,28,29)(H,34,35)(H,36,37)/b30-24+. The van der Waals surface area contributed by atoms with E-state index in [1.807, 2.05) is 25.1 Å². The zero-order chi connectivity index (χ0) is 28.5. The molecule has 1 aliphatic carbocycles. The van der Waals surface area contributed by atoms with Gasteiger partial charge in [0, 0.05) is 43.3 Å². The highest BCUT2D eigenvalue weighted by molar-refractivity contribution is 8.54. The summed E-state index contributed by atoms with van der Waals surface area (Å²) in [6.07, 6.45) is 8.30. The molecule has 2 aromatic rings. The first kappa shape index (κ1) is 29.0. The largest absolute Gasteiger partial charge is 0.494 e. The van der Waals surface area contributed by atoms with E-state index in [1.165, 1.54) is 32.8 Å². The molecule has 216 valence electrons. The van der Waals surface area contributed by atoms with Crippen molar-refractivity contribution in [3.8, 4) is 5.75 Å². The summed E-state index contributed by atoms with van der Waals surface area (Å²) in [5.74, 6) is 1.20. The minimum absolute atomic E-state index is 0.105. The molecule has 1 aliphatic heterocycles. The molecule has 1 aromatic heterocycles. The van der Waals surface area contributed by atoms with E-state index >= 15 is 0 Å². The second-order valence-electron chi connectivity index (χ2n) is 9.08. The molecule has 0 amide bonds. The number of benzene rings is 1. The quantitative estimate of drug-likeness (QED) is 0.189. The lowest BCUT2D eigenvalue weighted by Crippen LogP contribution is -2.39. The van der Waals surface area contributed by atoms with E-state index in [0.29, 0.717) is 31.1 Å². The van der Waals surface area contributed by atoms with Crippen LogP contribution in [0.3, 0.4) is 0 Å². The maximum atomic E-state index is 12.5. The number of carboxylic acid groups (broad SMARTS) is 2. The van der Waals surface area contributed by atoms with Gasteiger partial charge in [-0.2, -0.15) is 0 Å². The van der Waals surface area contributed by atoms with E-state index in [2.05, 4.69) is 15.5 Å². The summed E-state index contributed by atoms with van der Waals surface area (Å²) in [6.45, 7) is 3.36. The molecule has 0 spiro atoms. The molecule has 1 aromatic carbocycles. The minimum Gasteiger partial charge on any atom is -0.494 e. The van der Waals surface area contributed by atoms with E-state index in [4.69, 9.17) is 14.7 Å². The third-order valence-corrected chi connectivity index (χ3v) is 9.37. The van der Waals surface area contributed by atoms with Crippen LogP contribution in [0.2, 0.25) is 0 Å². The van der Waals surface area contributed by atoms with Crippen molar-refractivity contribution in [2.24, 2.45) is 5.16 Å². The van der Waals surface area contributed by atoms with Gasteiger partial charge in [0.2, 0.25) is 0 Å². The third-order valence-electron chi connectivity index (χ3n) is 6.51. The van der Waals surface area contributed by atoms with Crippen molar-refractivity contribution in [3.05, 3.63) is 60.1 Å². The zero-order valence-electron chi connectivity index (χ0n) is 22.4. The van der Waals surface area contributed by atoms with Crippen LogP contribution in [-0.2, 0) is 11.3 Å². The van der Waals surface area contributed by atoms with Crippen LogP contribution in [0.4, 0.5) is 21.1 Å². The number of nitrogens with zero attached hydrogens (tertiary/aromatic N) is 4. The van der Waals surface area contributed by atoms with Gasteiger partial charge in [0.1, 0.15) is 28.6 Å². The normalized spacial score (nSPS) is 17.1. The number of aromatic nitrogens is 1. The summed E-state index contributed by atoms with van der Waals surface area (Å²) in [4.78, 5) is 34.3. The fraction of sp³-hybridized carbons (Fsp3) is 0.407. The van der Waals surface area contributed by atoms with Gasteiger partial charge in [-0.05, 0) is 68.9 Å². The molecule has 0 saturated carbocycles. The third kappa shape index (κ3) is 6.10. The number of aryl methyl sites for hydroxylation is 1. The molecule has 0 fully saturated rings. The summed E-state index contributed by atoms with van der Waals surface area (Å²) in [5.41, 5.74) is 3.63. The maximum absolute atomic E-state index is 12.5. The highest BCUT2D eigenvalue weighted by Gasteiger charge is 2.53. The number of rotatable bonds is 13. The molecule has 0 saturated heterocycles. The Labute approximate surface area is 234 Å². The van der Waals surface area contributed by atoms with Gasteiger partial charge in [0.25, 0.3) is 0 Å². The second-order valence-corrected chi connectivity index (χ2v) is 11.7. The number of nitrogens with one attached hydrogen (secondary N) is 1. The van der Waals surface area contributed by atoms with Gasteiger partial charge in [-0.1, -0.05) is 5.16 Å². The molecule has 0 bridgehead atoms. The van der Waals surface area contributed by atoms with Gasteiger partial charge < -0.3 is 34.5 Å². The molecule has 0 unspecified atom stereocenters. The first-order chi connectivity index (χ1) is 19.4. The van der Waals surface area contributed by atoms with Crippen LogP contribution >= 0.6 is 10.4 Å². The Bertz CT molecular complexity index is 1260. The summed E-state index contributed by atoms with van der Waals surface area (Å²) in [7, 11) is -3.48. The number of fused-ring (bicyclic) bond motifs is 1. The number of anilines is 2. The Kier molecular flexibility index (Phi) is 9.72. The predicted molar refractivity (Wildman–Crippen MR) is 154 cm³/mol. The van der Waals surface area contributed by atoms with Crippen molar-refractivity contribution in [1.29, 1.82) is 0 Å². The van der Waals surface area contributed by atoms with Gasteiger partial charge >= 0.3 is 10.6 Å². The van der Waals surface area contributed by atoms with Crippen LogP contribution in [-0.4, -0.2) is 73.8 Å². The SMILES string of the molecule is CCO/N=C1\CCc2cc(OCCCCCN3C=CN(c4ccnc(NCCO)c4)S3(C(=O)O)C(=O)O)ccc21. The fourth-order valence-electron chi connectivity index (χ4n) is 4.66. The smallest absolute Gasteiger partial charge is 0.393 e. The van der Waals surface area contributed by atoms with Crippen LogP contribution in [0, 0.1) is 0 Å². The number of aliphatic hydroxyl groups is 1. The fourth-order valence-corrected chi connectivity index (χ4v) is 7.05. The zero-order valence-corrected chi connectivity index (χ0v) is 23.2. The molecule has 4 N–H and O–H groups in total. The lowest BCUT2D eigenvalue weighted by molar-refractivity contribution is 0.158. The Morgan fingerprint density at radius 3 is 2.67 bits per heavy atom. The number of hydrogen-bond donors (Lipinski definition) is 4. The average Bonchev–Trinajstić information content (AvgIpc) is 3.54. The molecular formula is C27H35N5O7S. The van der Waals surface area contributed by atoms with Gasteiger partial charge in [-0.25, -0.2) is 14.6 Å². The molecule has 0 radical (unpaired) electrons. The number of ether oxygens (including phenoxy) is 1. The van der Waals surface area contributed by atoms with Crippen LogP contribution in [0.1, 0.15) is 43.7 Å². The number of carbonyl (C=O) groups is 2. The van der Waals surface area contributed by atoms with Crippen LogP contribution in [0.5, 0.6) is 5.75 Å². The summed E-state index contributed by atoms with van der Waals surface area (Å²) in [5, 5.41) is 33.7. The molecular weight excluding hydrogens is 538 g/mol. The highest BCUT2D eigenvalue weighted by Crippen LogP contribution is 2.61. The molecule has 2 heterocycles. The summed E-state index contributed by atoms with van der Waals surface area (Å²) in [6, 6.07) is 9.11. The molecule has 40 heavy (non-hydrogen) atoms. The van der Waals surface area contributed by atoms with E-state index in [1.54, 1.807) is 12.1 Å². The summed E-state index contributed by atoms with van der Waals surface area (Å²) < 4.78 is 8.65. The Hall–Kier alpha value is -3.97. The monoisotopic (exact) mass is 573 g/mol. The van der Waals surface area contributed by atoms with Gasteiger partial charge in [-0.15, -0.1) is 0 Å². The van der Waals surface area contributed by atoms with Crippen molar-refractivity contribution < 1.29 is 34.5 Å². The minimum atomic E-state index is -3.48. The lowest BCUT2D eigenvalue weighted by atomic mass is 10.1. The van der Waals surface area contributed by atoms with Crippen molar-refractivity contribution in [2.45, 2.75) is 39.0 Å². The van der Waals surface area contributed by atoms with Gasteiger partial charge in [0.15, 0.2) is 0 Å². The molecule has 4 rings (SSSR count). The van der Waals surface area contributed by atoms with Crippen LogP contribution in [0.25, 0.3) is 0 Å². The van der Waals surface area contributed by atoms with Crippen LogP contribution < -0.4 is 14.4 Å². The average molecular weight is 574 g/mol. The first-order valence-electron chi connectivity index (χ1n) is 13.2. The second kappa shape index (κ2) is 13.4. The number of pyridine rings is 1. The number of hydrogen-bond acceptors (Lipinski definition) is 10. The first-order valence-corrected chi connectivity index (χ1v) is 14.8. The molecule has 12 nitrogen and oxygen atoms in total.